The summed E-state index contributed by atoms with van der Waals surface area (Å²) in [6, 6.07) is 7.96. The van der Waals surface area contributed by atoms with Crippen molar-refractivity contribution in [3.8, 4) is 5.75 Å². The van der Waals surface area contributed by atoms with Crippen molar-refractivity contribution < 1.29 is 9.47 Å². The molecule has 0 saturated heterocycles. The van der Waals surface area contributed by atoms with Crippen LogP contribution in [0.3, 0.4) is 0 Å². The highest BCUT2D eigenvalue weighted by Gasteiger charge is 1.96. The summed E-state index contributed by atoms with van der Waals surface area (Å²) in [5, 5.41) is 0. The van der Waals surface area contributed by atoms with Crippen LogP contribution in [-0.4, -0.2) is 32.2 Å². The maximum atomic E-state index is 5.53. The van der Waals surface area contributed by atoms with Gasteiger partial charge in [-0.25, -0.2) is 0 Å². The molecule has 0 bridgehead atoms. The second-order valence-corrected chi connectivity index (χ2v) is 3.71. The molecule has 0 heterocycles. The lowest BCUT2D eigenvalue weighted by atomic mass is 10.1. The quantitative estimate of drug-likeness (QED) is 0.560. The summed E-state index contributed by atoms with van der Waals surface area (Å²) < 4.78 is 10.7. The summed E-state index contributed by atoms with van der Waals surface area (Å²) in [6.07, 6.45) is 0.875. The average Bonchev–Trinajstić information content (AvgIpc) is 2.30. The molecule has 0 fully saturated rings. The third-order valence-corrected chi connectivity index (χ3v) is 2.20. The molecule has 16 heavy (non-hydrogen) atoms. The number of benzene rings is 1. The van der Waals surface area contributed by atoms with Gasteiger partial charge in [-0.3, -0.25) is 0 Å². The summed E-state index contributed by atoms with van der Waals surface area (Å²) in [5.41, 5.74) is 6.69. The SMILES string of the molecule is NCCc1cccc(OCCOCCCl)c1. The molecule has 2 N–H and O–H groups in total. The Morgan fingerprint density at radius 2 is 2.06 bits per heavy atom. The van der Waals surface area contributed by atoms with E-state index in [9.17, 15) is 0 Å². The summed E-state index contributed by atoms with van der Waals surface area (Å²) in [5.74, 6) is 1.38. The van der Waals surface area contributed by atoms with Crippen LogP contribution in [0, 0.1) is 0 Å². The van der Waals surface area contributed by atoms with E-state index < -0.39 is 0 Å². The Hall–Kier alpha value is -0.770. The van der Waals surface area contributed by atoms with Crippen LogP contribution in [0.1, 0.15) is 5.56 Å². The van der Waals surface area contributed by atoms with Gasteiger partial charge >= 0.3 is 0 Å². The van der Waals surface area contributed by atoms with Gasteiger partial charge in [0.15, 0.2) is 0 Å². The van der Waals surface area contributed by atoms with Crippen LogP contribution in [0.15, 0.2) is 24.3 Å². The molecule has 0 aromatic heterocycles. The Labute approximate surface area is 101 Å². The van der Waals surface area contributed by atoms with Crippen molar-refractivity contribution in [3.05, 3.63) is 29.8 Å². The minimum absolute atomic E-state index is 0.520. The van der Waals surface area contributed by atoms with E-state index in [4.69, 9.17) is 26.8 Å². The summed E-state index contributed by atoms with van der Waals surface area (Å²) in [6.45, 7) is 2.33. The molecule has 0 unspecified atom stereocenters. The van der Waals surface area contributed by atoms with Gasteiger partial charge in [0.2, 0.25) is 0 Å². The van der Waals surface area contributed by atoms with Crippen molar-refractivity contribution >= 4 is 11.6 Å². The van der Waals surface area contributed by atoms with E-state index in [1.807, 2.05) is 24.3 Å². The lowest BCUT2D eigenvalue weighted by Crippen LogP contribution is -2.08. The van der Waals surface area contributed by atoms with E-state index in [1.54, 1.807) is 0 Å². The third kappa shape index (κ3) is 5.35. The molecular weight excluding hydrogens is 226 g/mol. The van der Waals surface area contributed by atoms with Gasteiger partial charge < -0.3 is 15.2 Å². The van der Waals surface area contributed by atoms with Crippen LogP contribution < -0.4 is 10.5 Å². The molecule has 0 aliphatic rings. The van der Waals surface area contributed by atoms with E-state index in [-0.39, 0.29) is 0 Å². The number of halogens is 1. The van der Waals surface area contributed by atoms with Crippen LogP contribution in [0.25, 0.3) is 0 Å². The van der Waals surface area contributed by atoms with E-state index in [0.717, 1.165) is 12.2 Å². The van der Waals surface area contributed by atoms with E-state index in [2.05, 4.69) is 0 Å². The first kappa shape index (κ1) is 13.3. The lowest BCUT2D eigenvalue weighted by molar-refractivity contribution is 0.111. The fourth-order valence-corrected chi connectivity index (χ4v) is 1.44. The van der Waals surface area contributed by atoms with Gasteiger partial charge in [0.1, 0.15) is 12.4 Å². The standard InChI is InChI=1S/C12H18ClNO2/c13-5-7-15-8-9-16-12-3-1-2-11(10-12)4-6-14/h1-3,10H,4-9,14H2. The second kappa shape index (κ2) is 8.39. The molecule has 0 amide bonds. The van der Waals surface area contributed by atoms with Crippen molar-refractivity contribution in [3.63, 3.8) is 0 Å². The Bertz CT molecular complexity index is 294. The number of nitrogens with two attached hydrogens (primary N) is 1. The molecule has 4 heteroatoms. The molecule has 0 atom stereocenters. The minimum Gasteiger partial charge on any atom is -0.491 e. The second-order valence-electron chi connectivity index (χ2n) is 3.34. The van der Waals surface area contributed by atoms with Crippen molar-refractivity contribution in [2.45, 2.75) is 6.42 Å². The van der Waals surface area contributed by atoms with Crippen molar-refractivity contribution in [1.82, 2.24) is 0 Å². The Balaban J connectivity index is 2.27. The Kier molecular flexibility index (Phi) is 6.97. The molecule has 0 saturated carbocycles. The van der Waals surface area contributed by atoms with Gasteiger partial charge in [0, 0.05) is 5.88 Å². The van der Waals surface area contributed by atoms with Gasteiger partial charge in [0.05, 0.1) is 13.2 Å². The smallest absolute Gasteiger partial charge is 0.119 e. The van der Waals surface area contributed by atoms with Crippen molar-refractivity contribution in [2.75, 3.05) is 32.2 Å². The zero-order chi connectivity index (χ0) is 11.6. The summed E-state index contributed by atoms with van der Waals surface area (Å²) >= 11 is 5.48. The van der Waals surface area contributed by atoms with Gasteiger partial charge in [-0.1, -0.05) is 12.1 Å². The number of rotatable bonds is 8. The van der Waals surface area contributed by atoms with Crippen LogP contribution >= 0.6 is 11.6 Å². The Morgan fingerprint density at radius 1 is 1.19 bits per heavy atom. The van der Waals surface area contributed by atoms with E-state index in [0.29, 0.717) is 32.2 Å². The average molecular weight is 244 g/mol. The molecule has 1 rings (SSSR count). The minimum atomic E-state index is 0.520. The highest BCUT2D eigenvalue weighted by Crippen LogP contribution is 2.13. The van der Waals surface area contributed by atoms with E-state index in [1.165, 1.54) is 5.56 Å². The van der Waals surface area contributed by atoms with Gasteiger partial charge in [-0.05, 0) is 30.7 Å². The molecule has 0 aliphatic carbocycles. The van der Waals surface area contributed by atoms with Gasteiger partial charge in [0.25, 0.3) is 0 Å². The lowest BCUT2D eigenvalue weighted by Gasteiger charge is -2.07. The largest absolute Gasteiger partial charge is 0.491 e. The number of hydrogen-bond acceptors (Lipinski definition) is 3. The first-order chi connectivity index (χ1) is 7.86. The van der Waals surface area contributed by atoms with Crippen LogP contribution in [0.2, 0.25) is 0 Å². The first-order valence-electron chi connectivity index (χ1n) is 5.42. The zero-order valence-corrected chi connectivity index (χ0v) is 10.1. The number of hydrogen-bond donors (Lipinski definition) is 1. The molecule has 1 aromatic carbocycles. The molecule has 0 spiro atoms. The maximum Gasteiger partial charge on any atom is 0.119 e. The predicted octanol–water partition coefficient (Wildman–Crippen LogP) is 1.82. The highest BCUT2D eigenvalue weighted by atomic mass is 35.5. The predicted molar refractivity (Wildman–Crippen MR) is 66.2 cm³/mol. The fraction of sp³-hybridized carbons (Fsp3) is 0.500. The molecule has 90 valence electrons. The van der Waals surface area contributed by atoms with Crippen molar-refractivity contribution in [2.24, 2.45) is 5.73 Å². The monoisotopic (exact) mass is 243 g/mol. The molecule has 3 nitrogen and oxygen atoms in total. The number of ether oxygens (including phenoxy) is 2. The van der Waals surface area contributed by atoms with Crippen LogP contribution in [0.4, 0.5) is 0 Å². The fourth-order valence-electron chi connectivity index (χ4n) is 1.33. The maximum absolute atomic E-state index is 5.53. The molecular formula is C12H18ClNO2. The number of alkyl halides is 1. The van der Waals surface area contributed by atoms with Crippen LogP contribution in [0.5, 0.6) is 5.75 Å². The van der Waals surface area contributed by atoms with Gasteiger partial charge in [-0.2, -0.15) is 0 Å². The van der Waals surface area contributed by atoms with Crippen LogP contribution in [-0.2, 0) is 11.2 Å². The molecule has 1 aromatic rings. The highest BCUT2D eigenvalue weighted by molar-refractivity contribution is 6.17. The van der Waals surface area contributed by atoms with E-state index >= 15 is 0 Å². The summed E-state index contributed by atoms with van der Waals surface area (Å²) in [7, 11) is 0. The van der Waals surface area contributed by atoms with Crippen molar-refractivity contribution in [1.29, 1.82) is 0 Å². The molecule has 0 aliphatic heterocycles. The normalized spacial score (nSPS) is 10.4. The first-order valence-corrected chi connectivity index (χ1v) is 5.96. The molecule has 0 radical (unpaired) electrons. The topological polar surface area (TPSA) is 44.5 Å². The zero-order valence-electron chi connectivity index (χ0n) is 9.32. The Morgan fingerprint density at radius 3 is 2.81 bits per heavy atom. The summed E-state index contributed by atoms with van der Waals surface area (Å²) in [4.78, 5) is 0. The van der Waals surface area contributed by atoms with Gasteiger partial charge in [-0.15, -0.1) is 11.6 Å². The third-order valence-electron chi connectivity index (χ3n) is 2.05.